The molecule has 0 saturated carbocycles. The van der Waals surface area contributed by atoms with E-state index in [4.69, 9.17) is 19.6 Å². The van der Waals surface area contributed by atoms with E-state index in [2.05, 4.69) is 5.32 Å². The number of furan rings is 1. The maximum absolute atomic E-state index is 11.9. The minimum atomic E-state index is -0.936. The average molecular weight is 372 g/mol. The first-order valence-corrected chi connectivity index (χ1v) is 8.60. The number of primary amides is 1. The lowest BCUT2D eigenvalue weighted by atomic mass is 10.1. The van der Waals surface area contributed by atoms with Crippen LogP contribution >= 0.6 is 11.8 Å². The summed E-state index contributed by atoms with van der Waals surface area (Å²) in [6.07, 6.45) is 0. The lowest BCUT2D eigenvalue weighted by Crippen LogP contribution is -2.21. The molecule has 0 fully saturated rings. The molecular weight excluding hydrogens is 352 g/mol. The summed E-state index contributed by atoms with van der Waals surface area (Å²) in [4.78, 5) is 46.7. The van der Waals surface area contributed by atoms with Crippen LogP contribution in [-0.4, -0.2) is 48.5 Å². The second kappa shape index (κ2) is 9.72. The van der Waals surface area contributed by atoms with Gasteiger partial charge in [0.2, 0.25) is 11.8 Å². The minimum absolute atomic E-state index is 0.00912. The third kappa shape index (κ3) is 5.82. The Kier molecular flexibility index (Phi) is 7.99. The molecule has 0 radical (unpaired) electrons. The van der Waals surface area contributed by atoms with Gasteiger partial charge in [0.05, 0.1) is 24.7 Å². The van der Waals surface area contributed by atoms with E-state index in [1.165, 1.54) is 6.92 Å². The van der Waals surface area contributed by atoms with Crippen molar-refractivity contribution < 1.29 is 33.1 Å². The zero-order valence-corrected chi connectivity index (χ0v) is 15.0. The number of aryl methyl sites for hydroxylation is 1. The number of ether oxygens (including phenoxy) is 2. The molecule has 25 heavy (non-hydrogen) atoms. The zero-order chi connectivity index (χ0) is 19.0. The summed E-state index contributed by atoms with van der Waals surface area (Å²) >= 11 is 1.03. The van der Waals surface area contributed by atoms with Gasteiger partial charge >= 0.3 is 11.9 Å². The van der Waals surface area contributed by atoms with Crippen LogP contribution in [0.25, 0.3) is 0 Å². The normalized spacial score (nSPS) is 10.2. The highest BCUT2D eigenvalue weighted by Gasteiger charge is 2.29. The first kappa shape index (κ1) is 20.6. The standard InChI is InChI=1S/C15H20N2O7S/c1-4-22-10(19)7-25-6-9(18)17-14-12(13(16)20)11(8(3)24-14)15(21)23-5-2/h4-7H2,1-3H3,(H2,16,20)(H,17,18). The zero-order valence-electron chi connectivity index (χ0n) is 14.2. The summed E-state index contributed by atoms with van der Waals surface area (Å²) in [5.41, 5.74) is 4.92. The maximum Gasteiger partial charge on any atom is 0.342 e. The molecule has 138 valence electrons. The van der Waals surface area contributed by atoms with Crippen molar-refractivity contribution in [1.82, 2.24) is 0 Å². The Hall–Kier alpha value is -2.49. The van der Waals surface area contributed by atoms with Crippen molar-refractivity contribution in [2.24, 2.45) is 5.73 Å². The Balaban J connectivity index is 2.83. The SMILES string of the molecule is CCOC(=O)CSCC(=O)Nc1oc(C)c(C(=O)OCC)c1C(N)=O. The van der Waals surface area contributed by atoms with Crippen molar-refractivity contribution in [2.45, 2.75) is 20.8 Å². The van der Waals surface area contributed by atoms with Gasteiger partial charge in [0.15, 0.2) is 0 Å². The monoisotopic (exact) mass is 372 g/mol. The highest BCUT2D eigenvalue weighted by Crippen LogP contribution is 2.27. The molecule has 0 unspecified atom stereocenters. The van der Waals surface area contributed by atoms with Crippen molar-refractivity contribution in [3.05, 3.63) is 16.9 Å². The molecule has 10 heteroatoms. The Labute approximate surface area is 148 Å². The predicted molar refractivity (Wildman–Crippen MR) is 90.5 cm³/mol. The summed E-state index contributed by atoms with van der Waals surface area (Å²) in [7, 11) is 0. The first-order chi connectivity index (χ1) is 11.8. The summed E-state index contributed by atoms with van der Waals surface area (Å²) in [5.74, 6) is -2.86. The fourth-order valence-electron chi connectivity index (χ4n) is 1.91. The number of rotatable bonds is 9. The quantitative estimate of drug-likeness (QED) is 0.615. The van der Waals surface area contributed by atoms with Crippen molar-refractivity contribution >= 4 is 41.4 Å². The molecule has 9 nitrogen and oxygen atoms in total. The second-order valence-corrected chi connectivity index (χ2v) is 5.65. The van der Waals surface area contributed by atoms with Crippen molar-refractivity contribution in [3.8, 4) is 0 Å². The van der Waals surface area contributed by atoms with Crippen molar-refractivity contribution in [3.63, 3.8) is 0 Å². The van der Waals surface area contributed by atoms with E-state index in [1.807, 2.05) is 0 Å². The van der Waals surface area contributed by atoms with Crippen LogP contribution in [0.5, 0.6) is 0 Å². The topological polar surface area (TPSA) is 138 Å². The van der Waals surface area contributed by atoms with Crippen molar-refractivity contribution in [1.29, 1.82) is 0 Å². The number of carbonyl (C=O) groups is 4. The highest BCUT2D eigenvalue weighted by molar-refractivity contribution is 8.00. The molecule has 0 aliphatic rings. The van der Waals surface area contributed by atoms with Crippen LogP contribution in [0.4, 0.5) is 5.88 Å². The van der Waals surface area contributed by atoms with E-state index in [9.17, 15) is 19.2 Å². The second-order valence-electron chi connectivity index (χ2n) is 4.67. The summed E-state index contributed by atoms with van der Waals surface area (Å²) < 4.78 is 14.9. The van der Waals surface area contributed by atoms with E-state index >= 15 is 0 Å². The molecule has 0 aliphatic heterocycles. The Bertz CT molecular complexity index is 669. The maximum atomic E-state index is 11.9. The van der Waals surface area contributed by atoms with Gasteiger partial charge in [-0.25, -0.2) is 4.79 Å². The smallest absolute Gasteiger partial charge is 0.342 e. The van der Waals surface area contributed by atoms with Gasteiger partial charge in [0, 0.05) is 0 Å². The number of thioether (sulfide) groups is 1. The van der Waals surface area contributed by atoms with Gasteiger partial charge in [0.25, 0.3) is 5.91 Å². The highest BCUT2D eigenvalue weighted by atomic mass is 32.2. The van der Waals surface area contributed by atoms with Crippen LogP contribution in [0.15, 0.2) is 4.42 Å². The number of amides is 2. The average Bonchev–Trinajstić information content (AvgIpc) is 2.84. The molecule has 3 N–H and O–H groups in total. The Morgan fingerprint density at radius 3 is 2.28 bits per heavy atom. The van der Waals surface area contributed by atoms with Gasteiger partial charge in [-0.05, 0) is 20.8 Å². The molecular formula is C15H20N2O7S. The molecule has 0 atom stereocenters. The molecule has 2 amide bonds. The van der Waals surface area contributed by atoms with E-state index in [1.54, 1.807) is 13.8 Å². The fourth-order valence-corrected chi connectivity index (χ4v) is 2.52. The lowest BCUT2D eigenvalue weighted by Gasteiger charge is -2.05. The largest absolute Gasteiger partial charge is 0.465 e. The molecule has 1 aromatic rings. The number of hydrogen-bond acceptors (Lipinski definition) is 8. The third-order valence-electron chi connectivity index (χ3n) is 2.82. The number of nitrogens with one attached hydrogen (secondary N) is 1. The lowest BCUT2D eigenvalue weighted by molar-refractivity contribution is -0.139. The van der Waals surface area contributed by atoms with Crippen LogP contribution in [0.1, 0.15) is 40.3 Å². The van der Waals surface area contributed by atoms with Crippen molar-refractivity contribution in [2.75, 3.05) is 30.0 Å². The van der Waals surface area contributed by atoms with Gasteiger partial charge in [-0.2, -0.15) is 0 Å². The number of anilines is 1. The van der Waals surface area contributed by atoms with E-state index in [0.717, 1.165) is 11.8 Å². The van der Waals surface area contributed by atoms with Gasteiger partial charge in [0.1, 0.15) is 16.9 Å². The molecule has 1 heterocycles. The van der Waals surface area contributed by atoms with Crippen LogP contribution in [0.3, 0.4) is 0 Å². The number of nitrogens with two attached hydrogens (primary N) is 1. The number of carbonyl (C=O) groups excluding carboxylic acids is 4. The number of hydrogen-bond donors (Lipinski definition) is 2. The first-order valence-electron chi connectivity index (χ1n) is 7.45. The van der Waals surface area contributed by atoms with Gasteiger partial charge in [-0.15, -0.1) is 11.8 Å². The Morgan fingerprint density at radius 1 is 1.08 bits per heavy atom. The summed E-state index contributed by atoms with van der Waals surface area (Å²) in [6, 6.07) is 0. The fraction of sp³-hybridized carbons (Fsp3) is 0.467. The number of esters is 2. The predicted octanol–water partition coefficient (Wildman–Crippen LogP) is 1.10. The molecule has 0 spiro atoms. The summed E-state index contributed by atoms with van der Waals surface area (Å²) in [5, 5.41) is 2.37. The van der Waals surface area contributed by atoms with E-state index < -0.39 is 23.8 Å². The van der Waals surface area contributed by atoms with E-state index in [0.29, 0.717) is 0 Å². The minimum Gasteiger partial charge on any atom is -0.465 e. The van der Waals surface area contributed by atoms with E-state index in [-0.39, 0.29) is 47.5 Å². The molecule has 0 saturated heterocycles. The van der Waals surface area contributed by atoms with Gasteiger partial charge < -0.3 is 19.6 Å². The molecule has 1 aromatic heterocycles. The Morgan fingerprint density at radius 2 is 1.72 bits per heavy atom. The van der Waals surface area contributed by atoms with Gasteiger partial charge in [-0.3, -0.25) is 19.7 Å². The van der Waals surface area contributed by atoms with Gasteiger partial charge in [-0.1, -0.05) is 0 Å². The van der Waals surface area contributed by atoms with Crippen LogP contribution in [0.2, 0.25) is 0 Å². The molecule has 0 aliphatic carbocycles. The van der Waals surface area contributed by atoms with Crippen LogP contribution in [0, 0.1) is 6.92 Å². The molecule has 0 aromatic carbocycles. The third-order valence-corrected chi connectivity index (χ3v) is 3.73. The van der Waals surface area contributed by atoms with Crippen LogP contribution in [-0.2, 0) is 19.1 Å². The summed E-state index contributed by atoms with van der Waals surface area (Å²) in [6.45, 7) is 5.11. The molecule has 1 rings (SSSR count). The molecule has 0 bridgehead atoms. The van der Waals surface area contributed by atoms with Crippen LogP contribution < -0.4 is 11.1 Å².